The van der Waals surface area contributed by atoms with E-state index in [1.807, 2.05) is 0 Å². The molecule has 0 amide bonds. The fraction of sp³-hybridized carbons (Fsp3) is 0.500. The summed E-state index contributed by atoms with van der Waals surface area (Å²) in [5.74, 6) is 1.56. The molecule has 0 spiro atoms. The lowest BCUT2D eigenvalue weighted by Gasteiger charge is -2.21. The maximum absolute atomic E-state index is 2.37. The van der Waals surface area contributed by atoms with Gasteiger partial charge >= 0.3 is 0 Å². The number of fused-ring (bicyclic) bond motifs is 1. The fourth-order valence-corrected chi connectivity index (χ4v) is 2.55. The molecule has 1 fully saturated rings. The van der Waals surface area contributed by atoms with E-state index in [0.717, 1.165) is 11.8 Å². The van der Waals surface area contributed by atoms with Crippen molar-refractivity contribution in [1.29, 1.82) is 0 Å². The van der Waals surface area contributed by atoms with E-state index in [9.17, 15) is 0 Å². The smallest absolute Gasteiger partial charge is 0.00702 e. The van der Waals surface area contributed by atoms with Crippen LogP contribution in [0.1, 0.15) is 26.7 Å². The summed E-state index contributed by atoms with van der Waals surface area (Å²) in [6.45, 7) is 4.43. The zero-order valence-corrected chi connectivity index (χ0v) is 7.88. The van der Waals surface area contributed by atoms with Gasteiger partial charge in [-0.25, -0.2) is 0 Å². The van der Waals surface area contributed by atoms with E-state index in [0.29, 0.717) is 0 Å². The van der Waals surface area contributed by atoms with Crippen molar-refractivity contribution in [3.8, 4) is 0 Å². The SMILES string of the molecule is C/C=C1/CCC2C=CC=C(C)C12. The van der Waals surface area contributed by atoms with Crippen molar-refractivity contribution < 1.29 is 0 Å². The molecule has 2 aliphatic carbocycles. The van der Waals surface area contributed by atoms with E-state index in [4.69, 9.17) is 0 Å². The third-order valence-electron chi connectivity index (χ3n) is 3.17. The predicted molar refractivity (Wildman–Crippen MR) is 52.9 cm³/mol. The third-order valence-corrected chi connectivity index (χ3v) is 3.17. The van der Waals surface area contributed by atoms with Gasteiger partial charge in [-0.15, -0.1) is 0 Å². The van der Waals surface area contributed by atoms with Crippen LogP contribution < -0.4 is 0 Å². The van der Waals surface area contributed by atoms with Gasteiger partial charge in [0.15, 0.2) is 0 Å². The van der Waals surface area contributed by atoms with Crippen LogP contribution >= 0.6 is 0 Å². The van der Waals surface area contributed by atoms with Gasteiger partial charge in [-0.05, 0) is 32.6 Å². The second-order valence-corrected chi connectivity index (χ2v) is 3.84. The first-order valence-corrected chi connectivity index (χ1v) is 4.83. The molecule has 0 aliphatic heterocycles. The van der Waals surface area contributed by atoms with E-state index in [-0.39, 0.29) is 0 Å². The average molecular weight is 160 g/mol. The minimum atomic E-state index is 0.750. The molecular formula is C12H16. The summed E-state index contributed by atoms with van der Waals surface area (Å²) < 4.78 is 0. The first-order chi connectivity index (χ1) is 5.83. The maximum Gasteiger partial charge on any atom is 0.00702 e. The molecule has 0 nitrogen and oxygen atoms in total. The van der Waals surface area contributed by atoms with Crippen molar-refractivity contribution in [1.82, 2.24) is 0 Å². The topological polar surface area (TPSA) is 0 Å². The quantitative estimate of drug-likeness (QED) is 0.476. The lowest BCUT2D eigenvalue weighted by atomic mass is 9.83. The summed E-state index contributed by atoms with van der Waals surface area (Å²) in [4.78, 5) is 0. The van der Waals surface area contributed by atoms with Crippen LogP contribution in [-0.4, -0.2) is 0 Å². The third kappa shape index (κ3) is 1.06. The molecule has 2 rings (SSSR count). The summed E-state index contributed by atoms with van der Waals surface area (Å²) in [6.07, 6.45) is 11.8. The van der Waals surface area contributed by atoms with E-state index in [2.05, 4.69) is 38.2 Å². The standard InChI is InChI=1S/C12H16/c1-3-10-7-8-11-6-4-5-9(2)12(10)11/h3-6,11-12H,7-8H2,1-2H3/b10-3-. The van der Waals surface area contributed by atoms with Crippen LogP contribution in [0.4, 0.5) is 0 Å². The van der Waals surface area contributed by atoms with Gasteiger partial charge < -0.3 is 0 Å². The van der Waals surface area contributed by atoms with Gasteiger partial charge in [-0.3, -0.25) is 0 Å². The van der Waals surface area contributed by atoms with Crippen LogP contribution in [0, 0.1) is 11.8 Å². The Morgan fingerprint density at radius 2 is 2.33 bits per heavy atom. The van der Waals surface area contributed by atoms with Crippen LogP contribution in [0.3, 0.4) is 0 Å². The molecule has 0 heteroatoms. The molecule has 12 heavy (non-hydrogen) atoms. The molecule has 0 aromatic carbocycles. The first-order valence-electron chi connectivity index (χ1n) is 4.83. The molecule has 2 unspecified atom stereocenters. The Morgan fingerprint density at radius 1 is 1.50 bits per heavy atom. The van der Waals surface area contributed by atoms with E-state index >= 15 is 0 Å². The van der Waals surface area contributed by atoms with Crippen LogP contribution in [0.2, 0.25) is 0 Å². The first kappa shape index (κ1) is 7.85. The molecule has 0 aromatic heterocycles. The Kier molecular flexibility index (Phi) is 1.92. The highest BCUT2D eigenvalue weighted by Crippen LogP contribution is 2.43. The summed E-state index contributed by atoms with van der Waals surface area (Å²) in [5, 5.41) is 0. The predicted octanol–water partition coefficient (Wildman–Crippen LogP) is 3.48. The lowest BCUT2D eigenvalue weighted by Crippen LogP contribution is -2.10. The molecule has 64 valence electrons. The molecule has 0 N–H and O–H groups in total. The lowest BCUT2D eigenvalue weighted by molar-refractivity contribution is 0.563. The molecule has 0 saturated heterocycles. The second-order valence-electron chi connectivity index (χ2n) is 3.84. The monoisotopic (exact) mass is 160 g/mol. The van der Waals surface area contributed by atoms with Crippen molar-refractivity contribution in [3.63, 3.8) is 0 Å². The number of hydrogen-bond donors (Lipinski definition) is 0. The van der Waals surface area contributed by atoms with Gasteiger partial charge in [0.1, 0.15) is 0 Å². The van der Waals surface area contributed by atoms with Crippen LogP contribution in [0.5, 0.6) is 0 Å². The Balaban J connectivity index is 2.33. The Labute approximate surface area is 74.7 Å². The second kappa shape index (κ2) is 2.93. The largest absolute Gasteiger partial charge is 0.0878 e. The van der Waals surface area contributed by atoms with Crippen molar-refractivity contribution in [2.45, 2.75) is 26.7 Å². The molecule has 0 radical (unpaired) electrons. The van der Waals surface area contributed by atoms with Crippen molar-refractivity contribution in [2.24, 2.45) is 11.8 Å². The maximum atomic E-state index is 2.37. The van der Waals surface area contributed by atoms with E-state index in [1.54, 1.807) is 11.1 Å². The minimum Gasteiger partial charge on any atom is -0.0878 e. The normalized spacial score (nSPS) is 36.8. The molecule has 0 bridgehead atoms. The van der Waals surface area contributed by atoms with Crippen molar-refractivity contribution >= 4 is 0 Å². The van der Waals surface area contributed by atoms with Gasteiger partial charge in [-0.1, -0.05) is 35.5 Å². The van der Waals surface area contributed by atoms with Crippen LogP contribution in [-0.2, 0) is 0 Å². The Hall–Kier alpha value is -0.780. The Morgan fingerprint density at radius 3 is 3.08 bits per heavy atom. The van der Waals surface area contributed by atoms with Gasteiger partial charge in [0.2, 0.25) is 0 Å². The molecular weight excluding hydrogens is 144 g/mol. The average Bonchev–Trinajstić information content (AvgIpc) is 2.49. The zero-order valence-electron chi connectivity index (χ0n) is 7.88. The highest BCUT2D eigenvalue weighted by molar-refractivity contribution is 5.33. The highest BCUT2D eigenvalue weighted by atomic mass is 14.4. The van der Waals surface area contributed by atoms with E-state index < -0.39 is 0 Å². The fourth-order valence-electron chi connectivity index (χ4n) is 2.55. The van der Waals surface area contributed by atoms with Crippen molar-refractivity contribution in [2.75, 3.05) is 0 Å². The summed E-state index contributed by atoms with van der Waals surface area (Å²) >= 11 is 0. The van der Waals surface area contributed by atoms with Crippen LogP contribution in [0.25, 0.3) is 0 Å². The summed E-state index contributed by atoms with van der Waals surface area (Å²) in [5.41, 5.74) is 3.20. The number of rotatable bonds is 0. The summed E-state index contributed by atoms with van der Waals surface area (Å²) in [7, 11) is 0. The minimum absolute atomic E-state index is 0.750. The molecule has 1 saturated carbocycles. The van der Waals surface area contributed by atoms with Crippen LogP contribution in [0.15, 0.2) is 35.5 Å². The molecule has 0 heterocycles. The van der Waals surface area contributed by atoms with E-state index in [1.165, 1.54) is 12.8 Å². The van der Waals surface area contributed by atoms with Crippen molar-refractivity contribution in [3.05, 3.63) is 35.5 Å². The zero-order chi connectivity index (χ0) is 8.55. The van der Waals surface area contributed by atoms with Gasteiger partial charge in [0, 0.05) is 5.92 Å². The molecule has 2 aliphatic rings. The molecule has 2 atom stereocenters. The highest BCUT2D eigenvalue weighted by Gasteiger charge is 2.31. The van der Waals surface area contributed by atoms with Gasteiger partial charge in [0.05, 0.1) is 0 Å². The molecule has 0 aromatic rings. The summed E-state index contributed by atoms with van der Waals surface area (Å²) in [6, 6.07) is 0. The van der Waals surface area contributed by atoms with Gasteiger partial charge in [0.25, 0.3) is 0 Å². The number of allylic oxidation sites excluding steroid dienone is 6. The Bertz CT molecular complexity index is 264. The van der Waals surface area contributed by atoms with Gasteiger partial charge in [-0.2, -0.15) is 0 Å². The number of hydrogen-bond acceptors (Lipinski definition) is 0.